The molecule has 0 radical (unpaired) electrons. The molecule has 7 nitrogen and oxygen atoms in total. The summed E-state index contributed by atoms with van der Waals surface area (Å²) in [5, 5.41) is 4.95. The molecular weight excluding hydrogens is 534 g/mol. The van der Waals surface area contributed by atoms with Gasteiger partial charge in [-0.1, -0.05) is 25.3 Å². The topological polar surface area (TPSA) is 81.8 Å². The van der Waals surface area contributed by atoms with Gasteiger partial charge >= 0.3 is 5.97 Å². The summed E-state index contributed by atoms with van der Waals surface area (Å²) >= 11 is 1.24. The van der Waals surface area contributed by atoms with E-state index in [2.05, 4.69) is 28.1 Å². The molecule has 41 heavy (non-hydrogen) atoms. The van der Waals surface area contributed by atoms with E-state index in [1.54, 1.807) is 6.92 Å². The van der Waals surface area contributed by atoms with Gasteiger partial charge in [-0.2, -0.15) is 0 Å². The molecule has 1 amide bonds. The van der Waals surface area contributed by atoms with Crippen LogP contribution in [0.3, 0.4) is 0 Å². The number of nitrogens with zero attached hydrogens (tertiary/aromatic N) is 1. The number of ketones is 1. The number of nitrogens with one attached hydrogen (secondary N) is 2. The van der Waals surface area contributed by atoms with Gasteiger partial charge in [0.05, 0.1) is 35.8 Å². The van der Waals surface area contributed by atoms with Crippen LogP contribution in [-0.4, -0.2) is 41.9 Å². The number of amides is 1. The number of hydrogen-bond acceptors (Lipinski definition) is 5. The van der Waals surface area contributed by atoms with Crippen molar-refractivity contribution < 1.29 is 24.0 Å². The second kappa shape index (κ2) is 11.0. The monoisotopic (exact) mass is 574 g/mol. The molecule has 2 N–H and O–H groups in total. The molecule has 0 spiro atoms. The first-order chi connectivity index (χ1) is 20.0. The van der Waals surface area contributed by atoms with Gasteiger partial charge in [0, 0.05) is 23.7 Å². The highest BCUT2D eigenvalue weighted by atomic mass is 32.1. The summed E-state index contributed by atoms with van der Waals surface area (Å²) in [5.74, 6) is 0.195. The van der Waals surface area contributed by atoms with Gasteiger partial charge in [-0.05, 0) is 80.2 Å². The SMILES string of the molecule is CCOC(=O)c1c(NC(=O)C[NH+]2CCn3c4c(c5cc(C6CCCCC6)ccc53)CCC[C@@H]42)sc2c1CCCC2=O. The van der Waals surface area contributed by atoms with E-state index in [-0.39, 0.29) is 18.3 Å². The molecule has 1 saturated carbocycles. The van der Waals surface area contributed by atoms with Crippen LogP contribution in [0.4, 0.5) is 5.00 Å². The van der Waals surface area contributed by atoms with Crippen molar-refractivity contribution in [3.8, 4) is 0 Å². The second-order valence-electron chi connectivity index (χ2n) is 12.3. The molecule has 3 aromatic rings. The number of ether oxygens (including phenoxy) is 1. The van der Waals surface area contributed by atoms with E-state index in [0.29, 0.717) is 46.8 Å². The molecule has 1 fully saturated rings. The highest BCUT2D eigenvalue weighted by Crippen LogP contribution is 2.41. The van der Waals surface area contributed by atoms with Crippen molar-refractivity contribution >= 4 is 44.9 Å². The standard InChI is InChI=1S/C33H39N3O4S/c1-2-40-33(39)29-23-11-7-13-27(37)31(23)41-32(29)34-28(38)19-35-16-17-36-25-15-14-21(20-8-4-3-5-9-20)18-24(25)22-10-6-12-26(35)30(22)36/h14-15,18,20,26H,2-13,16-17,19H2,1H3,(H,34,38)/p+1/t26-/m0/s1. The van der Waals surface area contributed by atoms with Crippen molar-refractivity contribution in [1.29, 1.82) is 0 Å². The molecule has 1 unspecified atom stereocenters. The first kappa shape index (κ1) is 26.9. The molecule has 3 heterocycles. The number of hydrogen-bond donors (Lipinski definition) is 2. The number of carbonyl (C=O) groups excluding carboxylic acids is 3. The number of Topliss-reactive ketones (excluding diaryl/α,β-unsaturated/α-hetero) is 1. The Labute approximate surface area is 245 Å². The summed E-state index contributed by atoms with van der Waals surface area (Å²) in [5.41, 5.74) is 6.94. The van der Waals surface area contributed by atoms with Crippen LogP contribution in [0.1, 0.15) is 119 Å². The number of anilines is 1. The lowest BCUT2D eigenvalue weighted by atomic mass is 9.83. The molecule has 0 bridgehead atoms. The smallest absolute Gasteiger partial charge is 0.341 e. The van der Waals surface area contributed by atoms with E-state index in [0.717, 1.165) is 44.3 Å². The van der Waals surface area contributed by atoms with E-state index < -0.39 is 5.97 Å². The number of quaternary nitrogens is 1. The van der Waals surface area contributed by atoms with E-state index in [1.807, 2.05) is 0 Å². The van der Waals surface area contributed by atoms with Crippen molar-refractivity contribution in [2.45, 2.75) is 96.1 Å². The van der Waals surface area contributed by atoms with Crippen LogP contribution in [0.5, 0.6) is 0 Å². The second-order valence-corrected chi connectivity index (χ2v) is 13.3. The lowest BCUT2D eigenvalue weighted by Crippen LogP contribution is -3.14. The Hall–Kier alpha value is -2.97. The zero-order chi connectivity index (χ0) is 28.1. The number of rotatable bonds is 6. The van der Waals surface area contributed by atoms with Gasteiger partial charge < -0.3 is 19.5 Å². The van der Waals surface area contributed by atoms with Crippen LogP contribution in [-0.2, 0) is 28.9 Å². The van der Waals surface area contributed by atoms with E-state index >= 15 is 0 Å². The normalized spacial score (nSPS) is 22.3. The fraction of sp³-hybridized carbons (Fsp3) is 0.545. The van der Waals surface area contributed by atoms with Crippen LogP contribution in [0.15, 0.2) is 18.2 Å². The van der Waals surface area contributed by atoms with E-state index in [4.69, 9.17) is 4.74 Å². The molecule has 7 rings (SSSR count). The number of aryl methyl sites for hydroxylation is 1. The minimum absolute atomic E-state index is 0.0539. The third kappa shape index (κ3) is 4.73. The molecule has 3 aliphatic carbocycles. The predicted molar refractivity (Wildman–Crippen MR) is 160 cm³/mol. The minimum Gasteiger partial charge on any atom is -0.462 e. The van der Waals surface area contributed by atoms with Gasteiger partial charge in [-0.3, -0.25) is 9.59 Å². The molecule has 2 aromatic heterocycles. The van der Waals surface area contributed by atoms with E-state index in [1.165, 1.54) is 76.1 Å². The van der Waals surface area contributed by atoms with Crippen molar-refractivity contribution in [3.05, 3.63) is 51.0 Å². The average molecular weight is 575 g/mol. The van der Waals surface area contributed by atoms with Crippen molar-refractivity contribution in [2.24, 2.45) is 0 Å². The van der Waals surface area contributed by atoms with Crippen LogP contribution >= 0.6 is 11.3 Å². The molecule has 2 atom stereocenters. The number of esters is 1. The van der Waals surface area contributed by atoms with Crippen molar-refractivity contribution in [1.82, 2.24) is 4.57 Å². The summed E-state index contributed by atoms with van der Waals surface area (Å²) in [6, 6.07) is 7.54. The zero-order valence-electron chi connectivity index (χ0n) is 24.0. The molecule has 4 aliphatic rings. The molecular formula is C33H40N3O4S+. The third-order valence-corrected chi connectivity index (χ3v) is 11.1. The third-order valence-electron chi connectivity index (χ3n) is 9.92. The Morgan fingerprint density at radius 3 is 2.71 bits per heavy atom. The fourth-order valence-corrected chi connectivity index (χ4v) is 9.29. The first-order valence-corrected chi connectivity index (χ1v) is 16.5. The predicted octanol–water partition coefficient (Wildman–Crippen LogP) is 5.36. The number of carbonyl (C=O) groups is 3. The maximum Gasteiger partial charge on any atom is 0.341 e. The summed E-state index contributed by atoms with van der Waals surface area (Å²) in [6.07, 6.45) is 11.9. The van der Waals surface area contributed by atoms with E-state index in [9.17, 15) is 14.4 Å². The summed E-state index contributed by atoms with van der Waals surface area (Å²) < 4.78 is 7.87. The molecule has 1 aromatic carbocycles. The van der Waals surface area contributed by atoms with Gasteiger partial charge in [0.25, 0.3) is 5.91 Å². The van der Waals surface area contributed by atoms with Crippen LogP contribution in [0.2, 0.25) is 0 Å². The molecule has 216 valence electrons. The number of benzene rings is 1. The maximum atomic E-state index is 13.5. The first-order valence-electron chi connectivity index (χ1n) is 15.7. The summed E-state index contributed by atoms with van der Waals surface area (Å²) in [7, 11) is 0. The lowest BCUT2D eigenvalue weighted by molar-refractivity contribution is -0.929. The zero-order valence-corrected chi connectivity index (χ0v) is 24.8. The Bertz CT molecular complexity index is 1530. The quantitative estimate of drug-likeness (QED) is 0.389. The number of thiophene rings is 1. The molecule has 8 heteroatoms. The lowest BCUT2D eigenvalue weighted by Gasteiger charge is -2.36. The Kier molecular flexibility index (Phi) is 7.23. The minimum atomic E-state index is -0.450. The van der Waals surface area contributed by atoms with Gasteiger partial charge in [-0.15, -0.1) is 11.3 Å². The number of fused-ring (bicyclic) bond motifs is 4. The Balaban J connectivity index is 1.14. The fourth-order valence-electron chi connectivity index (χ4n) is 8.06. The Morgan fingerprint density at radius 2 is 1.88 bits per heavy atom. The van der Waals surface area contributed by atoms with Crippen molar-refractivity contribution in [3.63, 3.8) is 0 Å². The highest BCUT2D eigenvalue weighted by Gasteiger charge is 2.39. The average Bonchev–Trinajstić information content (AvgIpc) is 3.52. The number of aromatic nitrogens is 1. The Morgan fingerprint density at radius 1 is 1.05 bits per heavy atom. The van der Waals surface area contributed by atoms with Gasteiger partial charge in [0.15, 0.2) is 12.3 Å². The van der Waals surface area contributed by atoms with Crippen LogP contribution < -0.4 is 10.2 Å². The van der Waals surface area contributed by atoms with Crippen molar-refractivity contribution in [2.75, 3.05) is 25.0 Å². The van der Waals surface area contributed by atoms with Gasteiger partial charge in [-0.25, -0.2) is 4.79 Å². The maximum absolute atomic E-state index is 13.5. The van der Waals surface area contributed by atoms with Gasteiger partial charge in [0.2, 0.25) is 0 Å². The van der Waals surface area contributed by atoms with Gasteiger partial charge in [0.1, 0.15) is 11.0 Å². The van der Waals surface area contributed by atoms with Crippen LogP contribution in [0, 0.1) is 0 Å². The molecule has 0 saturated heterocycles. The largest absolute Gasteiger partial charge is 0.462 e. The molecule has 1 aliphatic heterocycles. The van der Waals surface area contributed by atoms with Crippen LogP contribution in [0.25, 0.3) is 10.9 Å². The summed E-state index contributed by atoms with van der Waals surface area (Å²) in [6.45, 7) is 4.17. The highest BCUT2D eigenvalue weighted by molar-refractivity contribution is 7.18. The summed E-state index contributed by atoms with van der Waals surface area (Å²) in [4.78, 5) is 40.9.